The Hall–Kier alpha value is -1.26. The molecule has 0 saturated heterocycles. The van der Waals surface area contributed by atoms with Crippen LogP contribution in [-0.2, 0) is 0 Å². The molecule has 0 aliphatic heterocycles. The van der Waals surface area contributed by atoms with E-state index in [0.717, 1.165) is 0 Å². The summed E-state index contributed by atoms with van der Waals surface area (Å²) in [5.41, 5.74) is 6.10. The van der Waals surface area contributed by atoms with E-state index in [0.29, 0.717) is 11.3 Å². The monoisotopic (exact) mass is 246 g/mol. The van der Waals surface area contributed by atoms with Crippen LogP contribution in [-0.4, -0.2) is 5.16 Å². The van der Waals surface area contributed by atoms with Crippen LogP contribution in [0.4, 0.5) is 10.3 Å². The van der Waals surface area contributed by atoms with Gasteiger partial charge in [0.1, 0.15) is 5.69 Å². The van der Waals surface area contributed by atoms with Crippen LogP contribution in [0.25, 0.3) is 11.3 Å². The van der Waals surface area contributed by atoms with Gasteiger partial charge in [0, 0.05) is 11.6 Å². The van der Waals surface area contributed by atoms with E-state index in [1.54, 1.807) is 6.07 Å². The number of benzene rings is 1. The molecule has 2 N–H and O–H groups in total. The highest BCUT2D eigenvalue weighted by atomic mass is 35.5. The first-order valence-electron chi connectivity index (χ1n) is 3.95. The van der Waals surface area contributed by atoms with Crippen molar-refractivity contribution in [2.45, 2.75) is 0 Å². The van der Waals surface area contributed by atoms with Crippen molar-refractivity contribution in [1.29, 1.82) is 0 Å². The van der Waals surface area contributed by atoms with Crippen LogP contribution >= 0.6 is 23.2 Å². The molecular weight excluding hydrogens is 242 g/mol. The molecule has 0 fully saturated rings. The molecule has 0 atom stereocenters. The van der Waals surface area contributed by atoms with Crippen molar-refractivity contribution in [1.82, 2.24) is 5.16 Å². The van der Waals surface area contributed by atoms with Gasteiger partial charge in [0.05, 0.1) is 10.0 Å². The van der Waals surface area contributed by atoms with Crippen LogP contribution < -0.4 is 5.73 Å². The van der Waals surface area contributed by atoms with E-state index in [4.69, 9.17) is 28.9 Å². The van der Waals surface area contributed by atoms with E-state index < -0.39 is 5.82 Å². The van der Waals surface area contributed by atoms with E-state index >= 15 is 0 Å². The zero-order valence-electron chi connectivity index (χ0n) is 7.30. The van der Waals surface area contributed by atoms with Gasteiger partial charge in [-0.3, -0.25) is 0 Å². The van der Waals surface area contributed by atoms with Crippen molar-refractivity contribution in [3.8, 4) is 11.3 Å². The zero-order valence-corrected chi connectivity index (χ0v) is 8.81. The Morgan fingerprint density at radius 3 is 2.67 bits per heavy atom. The summed E-state index contributed by atoms with van der Waals surface area (Å²) in [6, 6.07) is 4.39. The lowest BCUT2D eigenvalue weighted by atomic mass is 10.1. The van der Waals surface area contributed by atoms with Crippen molar-refractivity contribution in [2.75, 3.05) is 5.73 Å². The molecule has 0 bridgehead atoms. The summed E-state index contributed by atoms with van der Waals surface area (Å²) in [5, 5.41) is 3.48. The van der Waals surface area contributed by atoms with Gasteiger partial charge in [-0.25, -0.2) is 4.39 Å². The van der Waals surface area contributed by atoms with E-state index in [1.807, 2.05) is 0 Å². The molecule has 0 saturated carbocycles. The fourth-order valence-corrected chi connectivity index (χ4v) is 1.61. The third-order valence-electron chi connectivity index (χ3n) is 1.84. The average Bonchev–Trinajstić information content (AvgIpc) is 2.61. The molecule has 3 nitrogen and oxygen atoms in total. The second-order valence-corrected chi connectivity index (χ2v) is 3.62. The molecule has 2 aromatic rings. The molecule has 1 heterocycles. The Balaban J connectivity index is 2.59. The SMILES string of the molecule is Nc1cc(-c2ccc(Cl)c(F)c2Cl)no1. The Labute approximate surface area is 94.6 Å². The van der Waals surface area contributed by atoms with Crippen LogP contribution in [0, 0.1) is 5.82 Å². The number of hydrogen-bond donors (Lipinski definition) is 1. The van der Waals surface area contributed by atoms with Gasteiger partial charge in [0.25, 0.3) is 0 Å². The van der Waals surface area contributed by atoms with Crippen molar-refractivity contribution in [2.24, 2.45) is 0 Å². The predicted octanol–water partition coefficient (Wildman–Crippen LogP) is 3.37. The van der Waals surface area contributed by atoms with Gasteiger partial charge in [-0.2, -0.15) is 0 Å². The molecule has 1 aromatic heterocycles. The third-order valence-corrected chi connectivity index (χ3v) is 2.50. The smallest absolute Gasteiger partial charge is 0.222 e. The van der Waals surface area contributed by atoms with Crippen molar-refractivity contribution in [3.63, 3.8) is 0 Å². The maximum Gasteiger partial charge on any atom is 0.222 e. The van der Waals surface area contributed by atoms with E-state index in [-0.39, 0.29) is 15.9 Å². The Morgan fingerprint density at radius 2 is 2.07 bits per heavy atom. The van der Waals surface area contributed by atoms with Gasteiger partial charge in [0.15, 0.2) is 5.82 Å². The lowest BCUT2D eigenvalue weighted by molar-refractivity contribution is 0.439. The molecule has 0 aliphatic carbocycles. The number of nitrogen functional groups attached to an aromatic ring is 1. The van der Waals surface area contributed by atoms with Crippen molar-refractivity contribution < 1.29 is 8.91 Å². The Bertz CT molecular complexity index is 513. The number of anilines is 1. The topological polar surface area (TPSA) is 52.0 Å². The maximum absolute atomic E-state index is 13.3. The summed E-state index contributed by atoms with van der Waals surface area (Å²) in [6.45, 7) is 0. The lowest BCUT2D eigenvalue weighted by Crippen LogP contribution is -1.85. The van der Waals surface area contributed by atoms with Gasteiger partial charge < -0.3 is 10.3 Å². The number of aromatic nitrogens is 1. The largest absolute Gasteiger partial charge is 0.368 e. The van der Waals surface area contributed by atoms with Gasteiger partial charge in [-0.05, 0) is 12.1 Å². The summed E-state index contributed by atoms with van der Waals surface area (Å²) in [5.74, 6) is -0.547. The number of halogens is 3. The predicted molar refractivity (Wildman–Crippen MR) is 56.3 cm³/mol. The van der Waals surface area contributed by atoms with Gasteiger partial charge in [-0.1, -0.05) is 28.4 Å². The molecule has 0 unspecified atom stereocenters. The van der Waals surface area contributed by atoms with E-state index in [2.05, 4.69) is 9.68 Å². The first kappa shape index (κ1) is 10.3. The standard InChI is InChI=1S/C9H5Cl2FN2O/c10-5-2-1-4(8(11)9(5)12)6-3-7(13)15-14-6/h1-3H,13H2. The van der Waals surface area contributed by atoms with E-state index in [9.17, 15) is 4.39 Å². The minimum absolute atomic E-state index is 0.0415. The fraction of sp³-hybridized carbons (Fsp3) is 0. The first-order valence-corrected chi connectivity index (χ1v) is 4.71. The number of nitrogens with two attached hydrogens (primary N) is 1. The summed E-state index contributed by atoms with van der Waals surface area (Å²) in [6.07, 6.45) is 0. The maximum atomic E-state index is 13.3. The summed E-state index contributed by atoms with van der Waals surface area (Å²) in [4.78, 5) is 0. The van der Waals surface area contributed by atoms with Crippen LogP contribution in [0.2, 0.25) is 10.0 Å². The summed E-state index contributed by atoms with van der Waals surface area (Å²) >= 11 is 11.3. The fourth-order valence-electron chi connectivity index (χ4n) is 1.14. The van der Waals surface area contributed by atoms with Gasteiger partial charge >= 0.3 is 0 Å². The molecule has 2 rings (SSSR count). The Kier molecular flexibility index (Phi) is 2.54. The number of rotatable bonds is 1. The minimum Gasteiger partial charge on any atom is -0.368 e. The summed E-state index contributed by atoms with van der Waals surface area (Å²) < 4.78 is 18.0. The molecular formula is C9H5Cl2FN2O. The molecule has 15 heavy (non-hydrogen) atoms. The van der Waals surface area contributed by atoms with Crippen LogP contribution in [0.15, 0.2) is 22.7 Å². The highest BCUT2D eigenvalue weighted by Gasteiger charge is 2.14. The third kappa shape index (κ3) is 1.78. The minimum atomic E-state index is -0.683. The second kappa shape index (κ2) is 3.72. The number of hydrogen-bond acceptors (Lipinski definition) is 3. The van der Waals surface area contributed by atoms with Crippen LogP contribution in [0.5, 0.6) is 0 Å². The second-order valence-electron chi connectivity index (χ2n) is 2.84. The molecule has 0 aliphatic rings. The molecule has 0 amide bonds. The molecule has 1 aromatic carbocycles. The first-order chi connectivity index (χ1) is 7.09. The highest BCUT2D eigenvalue weighted by Crippen LogP contribution is 2.33. The zero-order chi connectivity index (χ0) is 11.0. The lowest BCUT2D eigenvalue weighted by Gasteiger charge is -2.02. The average molecular weight is 247 g/mol. The number of nitrogens with zero attached hydrogens (tertiary/aromatic N) is 1. The molecule has 6 heteroatoms. The Morgan fingerprint density at radius 1 is 1.33 bits per heavy atom. The summed E-state index contributed by atoms with van der Waals surface area (Å²) in [7, 11) is 0. The van der Waals surface area contributed by atoms with E-state index in [1.165, 1.54) is 12.1 Å². The van der Waals surface area contributed by atoms with Crippen molar-refractivity contribution in [3.05, 3.63) is 34.1 Å². The highest BCUT2D eigenvalue weighted by molar-refractivity contribution is 6.36. The normalized spacial score (nSPS) is 10.6. The van der Waals surface area contributed by atoms with Gasteiger partial charge in [0.2, 0.25) is 5.88 Å². The molecule has 0 spiro atoms. The quantitative estimate of drug-likeness (QED) is 0.786. The van der Waals surface area contributed by atoms with Crippen LogP contribution in [0.3, 0.4) is 0 Å². The molecule has 0 radical (unpaired) electrons. The van der Waals surface area contributed by atoms with Crippen LogP contribution in [0.1, 0.15) is 0 Å². The van der Waals surface area contributed by atoms with Crippen molar-refractivity contribution >= 4 is 29.1 Å². The molecule has 78 valence electrons. The van der Waals surface area contributed by atoms with Gasteiger partial charge in [-0.15, -0.1) is 0 Å².